The maximum Gasteiger partial charge on any atom is 0.124 e. The molecule has 1 N–H and O–H groups in total. The largest absolute Gasteiger partial charge is 0.497 e. The van der Waals surface area contributed by atoms with Gasteiger partial charge in [-0.1, -0.05) is 0 Å². The third kappa shape index (κ3) is 3.02. The molecule has 0 saturated carbocycles. The molecule has 3 aromatic rings. The Morgan fingerprint density at radius 1 is 1.28 bits per heavy atom. The standard InChI is InChI=1S/C20H23N3O2/c1-3-23-19-11-15(7-6-14(19)13-21-23)22-18-5-4-10-25-20-9-8-16(24-2)12-17(18)20/h6-9,11-13,18,22H,3-5,10H2,1-2H3. The van der Waals surface area contributed by atoms with Gasteiger partial charge in [0, 0.05) is 23.2 Å². The summed E-state index contributed by atoms with van der Waals surface area (Å²) >= 11 is 0. The molecule has 0 spiro atoms. The average Bonchev–Trinajstić information content (AvgIpc) is 2.96. The second kappa shape index (κ2) is 6.67. The van der Waals surface area contributed by atoms with E-state index in [1.54, 1.807) is 7.11 Å². The van der Waals surface area contributed by atoms with Crippen LogP contribution in [0.15, 0.2) is 42.6 Å². The molecule has 0 amide bonds. The number of hydrogen-bond acceptors (Lipinski definition) is 4. The molecule has 130 valence electrons. The maximum absolute atomic E-state index is 5.90. The molecule has 0 aliphatic carbocycles. The van der Waals surface area contributed by atoms with Crippen LogP contribution in [0.2, 0.25) is 0 Å². The predicted molar refractivity (Wildman–Crippen MR) is 99.5 cm³/mol. The van der Waals surface area contributed by atoms with E-state index >= 15 is 0 Å². The second-order valence-electron chi connectivity index (χ2n) is 6.33. The minimum Gasteiger partial charge on any atom is -0.497 e. The van der Waals surface area contributed by atoms with Gasteiger partial charge in [-0.05, 0) is 56.2 Å². The molecular formula is C20H23N3O2. The first kappa shape index (κ1) is 15.8. The van der Waals surface area contributed by atoms with Crippen molar-refractivity contribution in [1.82, 2.24) is 9.78 Å². The summed E-state index contributed by atoms with van der Waals surface area (Å²) in [7, 11) is 1.70. The first-order chi connectivity index (χ1) is 12.3. The summed E-state index contributed by atoms with van der Waals surface area (Å²) < 4.78 is 13.3. The molecule has 0 fully saturated rings. The van der Waals surface area contributed by atoms with Gasteiger partial charge in [0.25, 0.3) is 0 Å². The Bertz CT molecular complexity index is 888. The lowest BCUT2D eigenvalue weighted by Crippen LogP contribution is -2.10. The summed E-state index contributed by atoms with van der Waals surface area (Å²) in [5.74, 6) is 1.80. The zero-order chi connectivity index (χ0) is 17.2. The lowest BCUT2D eigenvalue weighted by atomic mass is 10.0. The van der Waals surface area contributed by atoms with Crippen molar-refractivity contribution in [2.24, 2.45) is 0 Å². The molecule has 25 heavy (non-hydrogen) atoms. The van der Waals surface area contributed by atoms with Crippen LogP contribution in [-0.4, -0.2) is 23.5 Å². The predicted octanol–water partition coefficient (Wildman–Crippen LogP) is 4.39. The van der Waals surface area contributed by atoms with E-state index in [9.17, 15) is 0 Å². The first-order valence-corrected chi connectivity index (χ1v) is 8.81. The Balaban J connectivity index is 1.68. The first-order valence-electron chi connectivity index (χ1n) is 8.81. The van der Waals surface area contributed by atoms with Gasteiger partial charge in [-0.25, -0.2) is 0 Å². The zero-order valence-corrected chi connectivity index (χ0v) is 14.7. The number of aryl methyl sites for hydroxylation is 1. The van der Waals surface area contributed by atoms with Gasteiger partial charge in [-0.15, -0.1) is 0 Å². The third-order valence-corrected chi connectivity index (χ3v) is 4.77. The summed E-state index contributed by atoms with van der Waals surface area (Å²) in [6.07, 6.45) is 3.96. The highest BCUT2D eigenvalue weighted by atomic mass is 16.5. The SMILES string of the molecule is CCn1ncc2ccc(NC3CCCOc4ccc(OC)cc43)cc21. The summed E-state index contributed by atoms with van der Waals surface area (Å²) in [6, 6.07) is 12.6. The van der Waals surface area contributed by atoms with E-state index in [2.05, 4.69) is 41.6 Å². The molecule has 5 heteroatoms. The fourth-order valence-electron chi connectivity index (χ4n) is 3.45. The van der Waals surface area contributed by atoms with E-state index in [0.717, 1.165) is 54.3 Å². The van der Waals surface area contributed by atoms with Crippen LogP contribution in [0.25, 0.3) is 10.9 Å². The van der Waals surface area contributed by atoms with Crippen molar-refractivity contribution in [3.63, 3.8) is 0 Å². The van der Waals surface area contributed by atoms with Crippen molar-refractivity contribution in [2.45, 2.75) is 32.4 Å². The van der Waals surface area contributed by atoms with Crippen molar-refractivity contribution in [2.75, 3.05) is 19.0 Å². The van der Waals surface area contributed by atoms with E-state index in [1.165, 1.54) is 5.39 Å². The molecule has 1 aliphatic rings. The number of anilines is 1. The lowest BCUT2D eigenvalue weighted by Gasteiger charge is -2.20. The maximum atomic E-state index is 5.90. The van der Waals surface area contributed by atoms with Crippen LogP contribution in [0.3, 0.4) is 0 Å². The minimum absolute atomic E-state index is 0.197. The van der Waals surface area contributed by atoms with E-state index in [4.69, 9.17) is 9.47 Å². The van der Waals surface area contributed by atoms with Crippen molar-refractivity contribution >= 4 is 16.6 Å². The molecule has 0 radical (unpaired) electrons. The lowest BCUT2D eigenvalue weighted by molar-refractivity contribution is 0.316. The minimum atomic E-state index is 0.197. The van der Waals surface area contributed by atoms with E-state index in [1.807, 2.05) is 23.0 Å². The number of nitrogens with zero attached hydrogens (tertiary/aromatic N) is 2. The topological polar surface area (TPSA) is 48.3 Å². The Morgan fingerprint density at radius 2 is 2.20 bits per heavy atom. The molecule has 2 aromatic carbocycles. The van der Waals surface area contributed by atoms with Crippen LogP contribution in [0.5, 0.6) is 11.5 Å². The van der Waals surface area contributed by atoms with Crippen LogP contribution in [0, 0.1) is 0 Å². The molecule has 4 rings (SSSR count). The van der Waals surface area contributed by atoms with Gasteiger partial charge in [-0.2, -0.15) is 5.10 Å². The second-order valence-corrected chi connectivity index (χ2v) is 6.33. The number of ether oxygens (including phenoxy) is 2. The summed E-state index contributed by atoms with van der Waals surface area (Å²) in [6.45, 7) is 3.72. The Labute approximate surface area is 147 Å². The van der Waals surface area contributed by atoms with E-state index in [-0.39, 0.29) is 6.04 Å². The van der Waals surface area contributed by atoms with E-state index in [0.29, 0.717) is 0 Å². The Kier molecular flexibility index (Phi) is 4.22. The summed E-state index contributed by atoms with van der Waals surface area (Å²) in [5, 5.41) is 9.28. The normalized spacial score (nSPS) is 16.8. The fourth-order valence-corrected chi connectivity index (χ4v) is 3.45. The molecule has 0 saturated heterocycles. The Hall–Kier alpha value is -2.69. The van der Waals surface area contributed by atoms with Gasteiger partial charge in [0.2, 0.25) is 0 Å². The van der Waals surface area contributed by atoms with Gasteiger partial charge in [-0.3, -0.25) is 4.68 Å². The van der Waals surface area contributed by atoms with Gasteiger partial charge < -0.3 is 14.8 Å². The van der Waals surface area contributed by atoms with Crippen molar-refractivity contribution in [3.05, 3.63) is 48.2 Å². The van der Waals surface area contributed by atoms with Crippen molar-refractivity contribution < 1.29 is 9.47 Å². The number of rotatable bonds is 4. The molecule has 2 heterocycles. The molecule has 1 aliphatic heterocycles. The number of methoxy groups -OCH3 is 1. The molecular weight excluding hydrogens is 314 g/mol. The molecule has 1 unspecified atom stereocenters. The third-order valence-electron chi connectivity index (χ3n) is 4.77. The molecule has 5 nitrogen and oxygen atoms in total. The Morgan fingerprint density at radius 3 is 3.04 bits per heavy atom. The number of aromatic nitrogens is 2. The van der Waals surface area contributed by atoms with E-state index < -0.39 is 0 Å². The highest BCUT2D eigenvalue weighted by Gasteiger charge is 2.21. The smallest absolute Gasteiger partial charge is 0.124 e. The van der Waals surface area contributed by atoms with Crippen LogP contribution in [0.4, 0.5) is 5.69 Å². The molecule has 1 atom stereocenters. The van der Waals surface area contributed by atoms with Crippen LogP contribution in [0.1, 0.15) is 31.4 Å². The number of hydrogen-bond donors (Lipinski definition) is 1. The van der Waals surface area contributed by atoms with Crippen molar-refractivity contribution in [1.29, 1.82) is 0 Å². The molecule has 1 aromatic heterocycles. The van der Waals surface area contributed by atoms with Gasteiger partial charge in [0.15, 0.2) is 0 Å². The van der Waals surface area contributed by atoms with Crippen molar-refractivity contribution in [3.8, 4) is 11.5 Å². The molecule has 0 bridgehead atoms. The quantitative estimate of drug-likeness (QED) is 0.767. The average molecular weight is 337 g/mol. The number of benzene rings is 2. The van der Waals surface area contributed by atoms with Gasteiger partial charge >= 0.3 is 0 Å². The fraction of sp³-hybridized carbons (Fsp3) is 0.350. The zero-order valence-electron chi connectivity index (χ0n) is 14.7. The van der Waals surface area contributed by atoms with Crippen LogP contribution < -0.4 is 14.8 Å². The van der Waals surface area contributed by atoms with Crippen LogP contribution in [-0.2, 0) is 6.54 Å². The monoisotopic (exact) mass is 337 g/mol. The highest BCUT2D eigenvalue weighted by molar-refractivity contribution is 5.82. The van der Waals surface area contributed by atoms with Gasteiger partial charge in [0.05, 0.1) is 31.5 Å². The highest BCUT2D eigenvalue weighted by Crippen LogP contribution is 2.36. The number of fused-ring (bicyclic) bond motifs is 2. The van der Waals surface area contributed by atoms with Gasteiger partial charge in [0.1, 0.15) is 11.5 Å². The summed E-state index contributed by atoms with van der Waals surface area (Å²) in [4.78, 5) is 0. The number of nitrogens with one attached hydrogen (secondary N) is 1. The van der Waals surface area contributed by atoms with Crippen LogP contribution >= 0.6 is 0 Å². The summed E-state index contributed by atoms with van der Waals surface area (Å²) in [5.41, 5.74) is 3.41.